The largest absolute Gasteiger partial charge is 0.396 e. The zero-order valence-electron chi connectivity index (χ0n) is 8.69. The molecule has 1 saturated carbocycles. The van der Waals surface area contributed by atoms with E-state index in [2.05, 4.69) is 0 Å². The molecule has 4 heteroatoms. The molecule has 0 aromatic carbocycles. The van der Waals surface area contributed by atoms with E-state index >= 15 is 0 Å². The lowest BCUT2D eigenvalue weighted by Gasteiger charge is -2.46. The molecular formula is C10H18F2O2. The maximum absolute atomic E-state index is 12.9. The Morgan fingerprint density at radius 2 is 1.57 bits per heavy atom. The summed E-state index contributed by atoms with van der Waals surface area (Å²) in [5, 5.41) is 19.1. The molecule has 0 heterocycles. The minimum absolute atomic E-state index is 0.181. The van der Waals surface area contributed by atoms with E-state index in [9.17, 15) is 19.0 Å². The summed E-state index contributed by atoms with van der Waals surface area (Å²) in [4.78, 5) is 0. The normalized spacial score (nSPS) is 26.1. The second-order valence-electron chi connectivity index (χ2n) is 4.85. The fraction of sp³-hybridized carbons (Fsp3) is 1.00. The SMILES string of the molecule is CC(C)(O)C1(CO)CCC(F)(F)CC1. The van der Waals surface area contributed by atoms with E-state index in [1.807, 2.05) is 0 Å². The van der Waals surface area contributed by atoms with Crippen molar-refractivity contribution in [3.8, 4) is 0 Å². The van der Waals surface area contributed by atoms with Crippen LogP contribution in [0, 0.1) is 5.41 Å². The van der Waals surface area contributed by atoms with Crippen LogP contribution in [0.4, 0.5) is 8.78 Å². The molecule has 0 radical (unpaired) electrons. The number of rotatable bonds is 2. The molecule has 0 aliphatic heterocycles. The van der Waals surface area contributed by atoms with Gasteiger partial charge in [0.2, 0.25) is 5.92 Å². The summed E-state index contributed by atoms with van der Waals surface area (Å²) in [6.45, 7) is 2.92. The Hall–Kier alpha value is -0.220. The van der Waals surface area contributed by atoms with Crippen molar-refractivity contribution in [2.75, 3.05) is 6.61 Å². The Morgan fingerprint density at radius 3 is 1.86 bits per heavy atom. The number of hydrogen-bond acceptors (Lipinski definition) is 2. The van der Waals surface area contributed by atoms with Crippen molar-refractivity contribution in [1.82, 2.24) is 0 Å². The fourth-order valence-corrected chi connectivity index (χ4v) is 2.06. The second kappa shape index (κ2) is 3.42. The van der Waals surface area contributed by atoms with Gasteiger partial charge in [-0.05, 0) is 26.7 Å². The summed E-state index contributed by atoms with van der Waals surface area (Å²) in [5.41, 5.74) is -1.85. The highest BCUT2D eigenvalue weighted by Crippen LogP contribution is 2.48. The maximum atomic E-state index is 12.9. The molecule has 0 atom stereocenters. The predicted molar refractivity (Wildman–Crippen MR) is 49.2 cm³/mol. The summed E-state index contributed by atoms with van der Waals surface area (Å²) in [6.07, 6.45) is -0.116. The summed E-state index contributed by atoms with van der Waals surface area (Å²) < 4.78 is 25.8. The molecule has 2 nitrogen and oxygen atoms in total. The number of aliphatic hydroxyl groups excluding tert-OH is 1. The maximum Gasteiger partial charge on any atom is 0.248 e. The standard InChI is InChI=1S/C10H18F2O2/c1-8(2,14)9(7-13)3-5-10(11,12)6-4-9/h13-14H,3-7H2,1-2H3. The minimum Gasteiger partial charge on any atom is -0.396 e. The molecule has 0 bridgehead atoms. The summed E-state index contributed by atoms with van der Waals surface area (Å²) >= 11 is 0. The van der Waals surface area contributed by atoms with Gasteiger partial charge >= 0.3 is 0 Å². The Labute approximate surface area is 82.9 Å². The van der Waals surface area contributed by atoms with Crippen LogP contribution in [0.25, 0.3) is 0 Å². The van der Waals surface area contributed by atoms with Gasteiger partial charge < -0.3 is 10.2 Å². The molecule has 1 aliphatic carbocycles. The van der Waals surface area contributed by atoms with Crippen molar-refractivity contribution in [1.29, 1.82) is 0 Å². The van der Waals surface area contributed by atoms with Gasteiger partial charge in [-0.2, -0.15) is 0 Å². The van der Waals surface area contributed by atoms with Gasteiger partial charge in [-0.3, -0.25) is 0 Å². The zero-order valence-corrected chi connectivity index (χ0v) is 8.69. The van der Waals surface area contributed by atoms with Crippen molar-refractivity contribution in [2.45, 2.75) is 51.1 Å². The molecule has 0 aromatic heterocycles. The van der Waals surface area contributed by atoms with Gasteiger partial charge in [0.05, 0.1) is 12.2 Å². The Balaban J connectivity index is 2.77. The third kappa shape index (κ3) is 2.06. The monoisotopic (exact) mass is 208 g/mol. The highest BCUT2D eigenvalue weighted by Gasteiger charge is 2.50. The Morgan fingerprint density at radius 1 is 1.14 bits per heavy atom. The first kappa shape index (κ1) is 11.9. The van der Waals surface area contributed by atoms with Crippen LogP contribution in [0.15, 0.2) is 0 Å². The average molecular weight is 208 g/mol. The highest BCUT2D eigenvalue weighted by molar-refractivity contribution is 4.97. The second-order valence-corrected chi connectivity index (χ2v) is 4.85. The molecule has 1 aliphatic rings. The van der Waals surface area contributed by atoms with Gasteiger partial charge in [0.1, 0.15) is 0 Å². The lowest BCUT2D eigenvalue weighted by atomic mass is 9.64. The van der Waals surface area contributed by atoms with Gasteiger partial charge in [-0.25, -0.2) is 8.78 Å². The third-order valence-electron chi connectivity index (χ3n) is 3.54. The molecule has 0 spiro atoms. The highest BCUT2D eigenvalue weighted by atomic mass is 19.3. The lowest BCUT2D eigenvalue weighted by Crippen LogP contribution is -2.50. The van der Waals surface area contributed by atoms with Gasteiger partial charge in [-0.15, -0.1) is 0 Å². The van der Waals surface area contributed by atoms with Crippen LogP contribution in [0.5, 0.6) is 0 Å². The number of aliphatic hydroxyl groups is 2. The number of alkyl halides is 2. The minimum atomic E-state index is -2.62. The van der Waals surface area contributed by atoms with E-state index in [1.165, 1.54) is 0 Å². The molecule has 0 aromatic rings. The van der Waals surface area contributed by atoms with E-state index in [0.717, 1.165) is 0 Å². The fourth-order valence-electron chi connectivity index (χ4n) is 2.06. The van der Waals surface area contributed by atoms with Crippen LogP contribution < -0.4 is 0 Å². The molecule has 0 amide bonds. The van der Waals surface area contributed by atoms with Gasteiger partial charge in [0.25, 0.3) is 0 Å². The zero-order chi connectivity index (χ0) is 11.0. The Kier molecular flexibility index (Phi) is 2.89. The van der Waals surface area contributed by atoms with Gasteiger partial charge in [0.15, 0.2) is 0 Å². The van der Waals surface area contributed by atoms with Crippen molar-refractivity contribution in [3.63, 3.8) is 0 Å². The van der Waals surface area contributed by atoms with Crippen LogP contribution in [0.1, 0.15) is 39.5 Å². The number of hydrogen-bond donors (Lipinski definition) is 2. The molecule has 84 valence electrons. The molecule has 2 N–H and O–H groups in total. The first-order valence-electron chi connectivity index (χ1n) is 4.94. The molecule has 0 saturated heterocycles. The molecule has 14 heavy (non-hydrogen) atoms. The van der Waals surface area contributed by atoms with E-state index < -0.39 is 16.9 Å². The average Bonchev–Trinajstić information content (AvgIpc) is 2.03. The summed E-state index contributed by atoms with van der Waals surface area (Å²) in [5.74, 6) is -2.62. The van der Waals surface area contributed by atoms with Crippen LogP contribution in [-0.4, -0.2) is 28.3 Å². The summed E-state index contributed by atoms with van der Waals surface area (Å²) in [7, 11) is 0. The first-order valence-corrected chi connectivity index (χ1v) is 4.94. The van der Waals surface area contributed by atoms with Gasteiger partial charge in [0, 0.05) is 18.3 Å². The lowest BCUT2D eigenvalue weighted by molar-refractivity contribution is -0.149. The smallest absolute Gasteiger partial charge is 0.248 e. The first-order chi connectivity index (χ1) is 6.22. The van der Waals surface area contributed by atoms with E-state index in [4.69, 9.17) is 0 Å². The van der Waals surface area contributed by atoms with E-state index in [-0.39, 0.29) is 32.3 Å². The van der Waals surface area contributed by atoms with Crippen LogP contribution in [-0.2, 0) is 0 Å². The van der Waals surface area contributed by atoms with E-state index in [1.54, 1.807) is 13.8 Å². The topological polar surface area (TPSA) is 40.5 Å². The molecule has 1 rings (SSSR count). The van der Waals surface area contributed by atoms with Crippen LogP contribution in [0.2, 0.25) is 0 Å². The molecule has 0 unspecified atom stereocenters. The van der Waals surface area contributed by atoms with Crippen molar-refractivity contribution in [2.24, 2.45) is 5.41 Å². The van der Waals surface area contributed by atoms with Crippen molar-refractivity contribution in [3.05, 3.63) is 0 Å². The molecule has 1 fully saturated rings. The van der Waals surface area contributed by atoms with Crippen LogP contribution >= 0.6 is 0 Å². The molecular weight excluding hydrogens is 190 g/mol. The van der Waals surface area contributed by atoms with Crippen molar-refractivity contribution < 1.29 is 19.0 Å². The third-order valence-corrected chi connectivity index (χ3v) is 3.54. The summed E-state index contributed by atoms with van der Waals surface area (Å²) in [6, 6.07) is 0. The van der Waals surface area contributed by atoms with Gasteiger partial charge in [-0.1, -0.05) is 0 Å². The van der Waals surface area contributed by atoms with Crippen molar-refractivity contribution >= 4 is 0 Å². The Bertz CT molecular complexity index is 199. The quantitative estimate of drug-likeness (QED) is 0.728. The van der Waals surface area contributed by atoms with Crippen LogP contribution in [0.3, 0.4) is 0 Å². The number of halogens is 2. The predicted octanol–water partition coefficient (Wildman–Crippen LogP) is 1.95. The van der Waals surface area contributed by atoms with E-state index in [0.29, 0.717) is 0 Å².